The van der Waals surface area contributed by atoms with Gasteiger partial charge in [-0.15, -0.1) is 0 Å². The summed E-state index contributed by atoms with van der Waals surface area (Å²) in [5, 5.41) is 11.8. The molecule has 3 heteroatoms. The van der Waals surface area contributed by atoms with E-state index in [1.54, 1.807) is 6.20 Å². The highest BCUT2D eigenvalue weighted by molar-refractivity contribution is 7.03. The Morgan fingerprint density at radius 1 is 1.83 bits per heavy atom. The van der Waals surface area contributed by atoms with Crippen molar-refractivity contribution in [2.75, 3.05) is 0 Å². The van der Waals surface area contributed by atoms with E-state index in [9.17, 15) is 5.11 Å². The molecule has 1 aliphatic rings. The molecule has 2 rings (SSSR count). The molecule has 2 nitrogen and oxygen atoms in total. The van der Waals surface area contributed by atoms with Crippen molar-refractivity contribution in [2.24, 2.45) is 11.8 Å². The SMILES string of the molecule is CCC1CC1C(O)c1cnsc1. The molecule has 1 aliphatic carbocycles. The molecule has 0 bridgehead atoms. The second-order valence-corrected chi connectivity index (χ2v) is 4.13. The van der Waals surface area contributed by atoms with Crippen LogP contribution in [0.25, 0.3) is 0 Å². The van der Waals surface area contributed by atoms with Gasteiger partial charge in [-0.3, -0.25) is 0 Å². The normalized spacial score (nSPS) is 30.2. The van der Waals surface area contributed by atoms with E-state index in [0.717, 1.165) is 11.5 Å². The van der Waals surface area contributed by atoms with Crippen LogP contribution in [0.2, 0.25) is 0 Å². The van der Waals surface area contributed by atoms with Gasteiger partial charge in [0.2, 0.25) is 0 Å². The molecule has 66 valence electrons. The minimum atomic E-state index is -0.256. The Hall–Kier alpha value is -0.410. The standard InChI is InChI=1S/C9H13NOS/c1-2-6-3-8(6)9(11)7-4-10-12-5-7/h4-6,8-9,11H,2-3H2,1H3. The molecule has 1 fully saturated rings. The zero-order valence-electron chi connectivity index (χ0n) is 7.10. The maximum Gasteiger partial charge on any atom is 0.0844 e. The molecular weight excluding hydrogens is 170 g/mol. The van der Waals surface area contributed by atoms with Gasteiger partial charge in [0.15, 0.2) is 0 Å². The Bertz CT molecular complexity index is 247. The van der Waals surface area contributed by atoms with Gasteiger partial charge < -0.3 is 5.11 Å². The van der Waals surface area contributed by atoms with E-state index in [1.165, 1.54) is 24.4 Å². The maximum atomic E-state index is 9.82. The van der Waals surface area contributed by atoms with Crippen molar-refractivity contribution < 1.29 is 5.11 Å². The maximum absolute atomic E-state index is 9.82. The molecular formula is C9H13NOS. The molecule has 1 saturated carbocycles. The Morgan fingerprint density at radius 2 is 2.67 bits per heavy atom. The smallest absolute Gasteiger partial charge is 0.0844 e. The zero-order valence-corrected chi connectivity index (χ0v) is 7.92. The van der Waals surface area contributed by atoms with Crippen LogP contribution in [0.15, 0.2) is 11.6 Å². The van der Waals surface area contributed by atoms with Crippen LogP contribution >= 0.6 is 11.5 Å². The van der Waals surface area contributed by atoms with Gasteiger partial charge in [0.1, 0.15) is 0 Å². The number of nitrogens with zero attached hydrogens (tertiary/aromatic N) is 1. The highest BCUT2D eigenvalue weighted by Crippen LogP contribution is 2.49. The highest BCUT2D eigenvalue weighted by Gasteiger charge is 2.41. The molecule has 1 heterocycles. The zero-order chi connectivity index (χ0) is 8.55. The predicted molar refractivity (Wildman–Crippen MR) is 49.0 cm³/mol. The van der Waals surface area contributed by atoms with E-state index in [-0.39, 0.29) is 6.10 Å². The van der Waals surface area contributed by atoms with E-state index in [2.05, 4.69) is 11.3 Å². The summed E-state index contributed by atoms with van der Waals surface area (Å²) in [6.45, 7) is 2.18. The van der Waals surface area contributed by atoms with Crippen LogP contribution in [0.1, 0.15) is 31.4 Å². The fourth-order valence-electron chi connectivity index (χ4n) is 1.73. The summed E-state index contributed by atoms with van der Waals surface area (Å²) in [7, 11) is 0. The molecule has 0 spiro atoms. The van der Waals surface area contributed by atoms with Crippen molar-refractivity contribution in [3.05, 3.63) is 17.1 Å². The van der Waals surface area contributed by atoms with E-state index >= 15 is 0 Å². The summed E-state index contributed by atoms with van der Waals surface area (Å²) in [5.74, 6) is 1.26. The van der Waals surface area contributed by atoms with Crippen molar-refractivity contribution in [1.82, 2.24) is 4.37 Å². The van der Waals surface area contributed by atoms with Crippen LogP contribution in [0, 0.1) is 11.8 Å². The second-order valence-electron chi connectivity index (χ2n) is 3.47. The number of aliphatic hydroxyl groups is 1. The van der Waals surface area contributed by atoms with E-state index in [4.69, 9.17) is 0 Å². The fraction of sp³-hybridized carbons (Fsp3) is 0.667. The molecule has 0 radical (unpaired) electrons. The summed E-state index contributed by atoms with van der Waals surface area (Å²) < 4.78 is 3.99. The summed E-state index contributed by atoms with van der Waals surface area (Å²) in [6, 6.07) is 0. The fourth-order valence-corrected chi connectivity index (χ4v) is 2.30. The highest BCUT2D eigenvalue weighted by atomic mass is 32.1. The molecule has 0 saturated heterocycles. The number of hydrogen-bond acceptors (Lipinski definition) is 3. The molecule has 1 aromatic heterocycles. The first kappa shape index (κ1) is 8.20. The topological polar surface area (TPSA) is 33.1 Å². The van der Waals surface area contributed by atoms with Crippen molar-refractivity contribution >= 4 is 11.5 Å². The van der Waals surface area contributed by atoms with Gasteiger partial charge >= 0.3 is 0 Å². The van der Waals surface area contributed by atoms with E-state index in [0.29, 0.717) is 5.92 Å². The minimum Gasteiger partial charge on any atom is -0.388 e. The van der Waals surface area contributed by atoms with Gasteiger partial charge in [-0.1, -0.05) is 13.3 Å². The van der Waals surface area contributed by atoms with E-state index < -0.39 is 0 Å². The van der Waals surface area contributed by atoms with Crippen LogP contribution in [0.5, 0.6) is 0 Å². The third-order valence-corrected chi connectivity index (χ3v) is 3.30. The van der Waals surface area contributed by atoms with Crippen LogP contribution in [0.4, 0.5) is 0 Å². The second kappa shape index (κ2) is 3.15. The largest absolute Gasteiger partial charge is 0.388 e. The first-order chi connectivity index (χ1) is 5.83. The molecule has 1 N–H and O–H groups in total. The Labute approximate surface area is 76.4 Å². The van der Waals surface area contributed by atoms with Crippen LogP contribution < -0.4 is 0 Å². The molecule has 12 heavy (non-hydrogen) atoms. The third kappa shape index (κ3) is 1.39. The monoisotopic (exact) mass is 183 g/mol. The summed E-state index contributed by atoms with van der Waals surface area (Å²) in [6.07, 6.45) is 3.90. The van der Waals surface area contributed by atoms with Gasteiger partial charge in [-0.05, 0) is 29.8 Å². The average Bonchev–Trinajstić information content (AvgIpc) is 2.68. The molecule has 3 unspecified atom stereocenters. The Balaban J connectivity index is 1.99. The minimum absolute atomic E-state index is 0.256. The number of aromatic nitrogens is 1. The van der Waals surface area contributed by atoms with Gasteiger partial charge in [0, 0.05) is 17.1 Å². The molecule has 3 atom stereocenters. The van der Waals surface area contributed by atoms with Crippen molar-refractivity contribution in [1.29, 1.82) is 0 Å². The van der Waals surface area contributed by atoms with Crippen molar-refractivity contribution in [2.45, 2.75) is 25.9 Å². The predicted octanol–water partition coefficient (Wildman–Crippen LogP) is 2.22. The lowest BCUT2D eigenvalue weighted by molar-refractivity contribution is 0.147. The molecule has 0 amide bonds. The van der Waals surface area contributed by atoms with Crippen molar-refractivity contribution in [3.8, 4) is 0 Å². The van der Waals surface area contributed by atoms with Crippen LogP contribution in [-0.4, -0.2) is 9.48 Å². The molecule has 1 aromatic rings. The number of aliphatic hydroxyl groups excluding tert-OH is 1. The first-order valence-electron chi connectivity index (χ1n) is 4.40. The summed E-state index contributed by atoms with van der Waals surface area (Å²) >= 11 is 1.41. The van der Waals surface area contributed by atoms with Gasteiger partial charge in [0.05, 0.1) is 6.10 Å². The Morgan fingerprint density at radius 3 is 3.17 bits per heavy atom. The quantitative estimate of drug-likeness (QED) is 0.779. The number of rotatable bonds is 3. The lowest BCUT2D eigenvalue weighted by Gasteiger charge is -2.05. The molecule has 0 aromatic carbocycles. The van der Waals surface area contributed by atoms with E-state index in [1.807, 2.05) is 5.38 Å². The van der Waals surface area contributed by atoms with Crippen LogP contribution in [0.3, 0.4) is 0 Å². The lowest BCUT2D eigenvalue weighted by atomic mass is 10.1. The van der Waals surface area contributed by atoms with Crippen LogP contribution in [-0.2, 0) is 0 Å². The van der Waals surface area contributed by atoms with Gasteiger partial charge in [-0.2, -0.15) is 0 Å². The summed E-state index contributed by atoms with van der Waals surface area (Å²) in [4.78, 5) is 0. The summed E-state index contributed by atoms with van der Waals surface area (Å²) in [5.41, 5.74) is 1.00. The third-order valence-electron chi connectivity index (χ3n) is 2.70. The van der Waals surface area contributed by atoms with Gasteiger partial charge in [-0.25, -0.2) is 4.37 Å². The number of hydrogen-bond donors (Lipinski definition) is 1. The first-order valence-corrected chi connectivity index (χ1v) is 5.24. The lowest BCUT2D eigenvalue weighted by Crippen LogP contribution is -1.99. The average molecular weight is 183 g/mol. The Kier molecular flexibility index (Phi) is 2.15. The van der Waals surface area contributed by atoms with Crippen molar-refractivity contribution in [3.63, 3.8) is 0 Å². The molecule has 0 aliphatic heterocycles. The van der Waals surface area contributed by atoms with Gasteiger partial charge in [0.25, 0.3) is 0 Å².